The molecular weight excluding hydrogens is 292 g/mol. The standard InChI is InChI=1S/C14H12N2O4S/c1-8-12(21-7-15-8)13(17)16-6-11(14(18)19)20-10-5-3-2-4-9(10)16/h2-5,7,11H,6H2,1H3,(H,18,19). The Labute approximate surface area is 124 Å². The van der Waals surface area contributed by atoms with Gasteiger partial charge in [-0.25, -0.2) is 9.78 Å². The number of carboxylic acids is 1. The normalized spacial score (nSPS) is 17.0. The molecule has 1 aliphatic rings. The number of hydrogen-bond acceptors (Lipinski definition) is 5. The minimum Gasteiger partial charge on any atom is -0.478 e. The van der Waals surface area contributed by atoms with Crippen molar-refractivity contribution in [3.63, 3.8) is 0 Å². The van der Waals surface area contributed by atoms with Crippen molar-refractivity contribution in [2.24, 2.45) is 0 Å². The summed E-state index contributed by atoms with van der Waals surface area (Å²) in [5.41, 5.74) is 2.82. The smallest absolute Gasteiger partial charge is 0.346 e. The highest BCUT2D eigenvalue weighted by molar-refractivity contribution is 7.12. The van der Waals surface area contributed by atoms with Gasteiger partial charge < -0.3 is 9.84 Å². The first-order valence-electron chi connectivity index (χ1n) is 6.28. The predicted molar refractivity (Wildman–Crippen MR) is 77.0 cm³/mol. The fourth-order valence-corrected chi connectivity index (χ4v) is 2.94. The number of amides is 1. The molecule has 1 aliphatic heterocycles. The van der Waals surface area contributed by atoms with Crippen LogP contribution in [0.3, 0.4) is 0 Å². The van der Waals surface area contributed by atoms with Crippen molar-refractivity contribution in [3.8, 4) is 5.75 Å². The van der Waals surface area contributed by atoms with Gasteiger partial charge in [0.05, 0.1) is 23.4 Å². The predicted octanol–water partition coefficient (Wildman–Crippen LogP) is 1.94. The van der Waals surface area contributed by atoms with E-state index in [0.29, 0.717) is 22.0 Å². The van der Waals surface area contributed by atoms with Gasteiger partial charge in [0.25, 0.3) is 5.91 Å². The Morgan fingerprint density at radius 2 is 2.19 bits per heavy atom. The fourth-order valence-electron chi connectivity index (χ4n) is 2.19. The van der Waals surface area contributed by atoms with Crippen molar-refractivity contribution < 1.29 is 19.4 Å². The Hall–Kier alpha value is -2.41. The molecule has 1 aromatic heterocycles. The summed E-state index contributed by atoms with van der Waals surface area (Å²) in [6, 6.07) is 6.92. The third-order valence-electron chi connectivity index (χ3n) is 3.23. The third kappa shape index (κ3) is 2.36. The van der Waals surface area contributed by atoms with E-state index < -0.39 is 12.1 Å². The Morgan fingerprint density at radius 3 is 2.86 bits per heavy atom. The maximum atomic E-state index is 12.7. The van der Waals surface area contributed by atoms with Gasteiger partial charge in [-0.2, -0.15) is 0 Å². The minimum atomic E-state index is -1.09. The number of thiazole rings is 1. The largest absolute Gasteiger partial charge is 0.478 e. The van der Waals surface area contributed by atoms with Crippen molar-refractivity contribution in [1.29, 1.82) is 0 Å². The maximum absolute atomic E-state index is 12.7. The number of hydrogen-bond donors (Lipinski definition) is 1. The van der Waals surface area contributed by atoms with Gasteiger partial charge in [-0.15, -0.1) is 11.3 Å². The Kier molecular flexibility index (Phi) is 3.34. The number of fused-ring (bicyclic) bond motifs is 1. The van der Waals surface area contributed by atoms with Gasteiger partial charge in [-0.05, 0) is 19.1 Å². The van der Waals surface area contributed by atoms with Crippen molar-refractivity contribution in [1.82, 2.24) is 4.98 Å². The molecule has 1 aromatic carbocycles. The summed E-state index contributed by atoms with van der Waals surface area (Å²) in [5.74, 6) is -0.952. The van der Waals surface area contributed by atoms with Gasteiger partial charge in [-0.1, -0.05) is 12.1 Å². The quantitative estimate of drug-likeness (QED) is 0.917. The molecule has 2 heterocycles. The van der Waals surface area contributed by atoms with Gasteiger partial charge in [0.2, 0.25) is 6.10 Å². The van der Waals surface area contributed by atoms with E-state index in [2.05, 4.69) is 4.98 Å². The van der Waals surface area contributed by atoms with Gasteiger partial charge in [-0.3, -0.25) is 9.69 Å². The van der Waals surface area contributed by atoms with E-state index >= 15 is 0 Å². The molecule has 2 aromatic rings. The summed E-state index contributed by atoms with van der Waals surface area (Å²) in [4.78, 5) is 29.9. The first kappa shape index (κ1) is 13.6. The van der Waals surface area contributed by atoms with Crippen LogP contribution in [-0.2, 0) is 4.79 Å². The van der Waals surface area contributed by atoms with E-state index in [1.165, 1.54) is 16.2 Å². The molecule has 1 N–H and O–H groups in total. The highest BCUT2D eigenvalue weighted by atomic mass is 32.1. The highest BCUT2D eigenvalue weighted by Gasteiger charge is 2.34. The van der Waals surface area contributed by atoms with Crippen LogP contribution in [0.4, 0.5) is 5.69 Å². The summed E-state index contributed by atoms with van der Waals surface area (Å²) in [6.07, 6.45) is -1.07. The van der Waals surface area contributed by atoms with Crippen LogP contribution >= 0.6 is 11.3 Å². The van der Waals surface area contributed by atoms with Crippen LogP contribution in [0.1, 0.15) is 15.4 Å². The van der Waals surface area contributed by atoms with Crippen molar-refractivity contribution in [3.05, 3.63) is 40.3 Å². The SMILES string of the molecule is Cc1ncsc1C(=O)N1CC(C(=O)O)Oc2ccccc21. The maximum Gasteiger partial charge on any atom is 0.346 e. The van der Waals surface area contributed by atoms with Crippen LogP contribution in [-0.4, -0.2) is 34.6 Å². The molecule has 0 bridgehead atoms. The van der Waals surface area contributed by atoms with E-state index in [9.17, 15) is 14.7 Å². The molecule has 3 rings (SSSR count). The molecule has 0 saturated carbocycles. The van der Waals surface area contributed by atoms with Gasteiger partial charge in [0.1, 0.15) is 10.6 Å². The molecule has 0 radical (unpaired) electrons. The zero-order valence-corrected chi connectivity index (χ0v) is 12.0. The molecule has 0 aliphatic carbocycles. The number of aryl methyl sites for hydroxylation is 1. The number of rotatable bonds is 2. The van der Waals surface area contributed by atoms with Crippen LogP contribution in [0.15, 0.2) is 29.8 Å². The Bertz CT molecular complexity index is 713. The Morgan fingerprint density at radius 1 is 1.43 bits per heavy atom. The number of aromatic nitrogens is 1. The number of benzene rings is 1. The minimum absolute atomic E-state index is 0.0253. The molecule has 1 amide bonds. The van der Waals surface area contributed by atoms with E-state index in [4.69, 9.17) is 4.74 Å². The van der Waals surface area contributed by atoms with E-state index in [1.807, 2.05) is 0 Å². The summed E-state index contributed by atoms with van der Waals surface area (Å²) >= 11 is 1.25. The topological polar surface area (TPSA) is 79.7 Å². The second kappa shape index (κ2) is 5.17. The van der Waals surface area contributed by atoms with Crippen LogP contribution in [0.2, 0.25) is 0 Å². The first-order valence-corrected chi connectivity index (χ1v) is 7.16. The van der Waals surface area contributed by atoms with Crippen LogP contribution < -0.4 is 9.64 Å². The number of carbonyl (C=O) groups is 2. The van der Waals surface area contributed by atoms with Crippen LogP contribution in [0.5, 0.6) is 5.75 Å². The number of ether oxygens (including phenoxy) is 1. The molecule has 7 heteroatoms. The number of nitrogens with zero attached hydrogens (tertiary/aromatic N) is 2. The molecule has 1 atom stereocenters. The van der Waals surface area contributed by atoms with Gasteiger partial charge in [0, 0.05) is 0 Å². The molecule has 0 saturated heterocycles. The number of aliphatic carboxylic acids is 1. The average molecular weight is 304 g/mol. The molecule has 21 heavy (non-hydrogen) atoms. The second-order valence-corrected chi connectivity index (χ2v) is 5.45. The lowest BCUT2D eigenvalue weighted by molar-refractivity contribution is -0.144. The van der Waals surface area contributed by atoms with Gasteiger partial charge in [0.15, 0.2) is 0 Å². The number of anilines is 1. The molecule has 0 fully saturated rings. The van der Waals surface area contributed by atoms with Crippen LogP contribution in [0, 0.1) is 6.92 Å². The third-order valence-corrected chi connectivity index (χ3v) is 4.15. The number of carboxylic acid groups (broad SMARTS) is 1. The monoisotopic (exact) mass is 304 g/mol. The van der Waals surface area contributed by atoms with Gasteiger partial charge >= 0.3 is 5.97 Å². The fraction of sp³-hybridized carbons (Fsp3) is 0.214. The van der Waals surface area contributed by atoms with Crippen LogP contribution in [0.25, 0.3) is 0 Å². The number of carbonyl (C=O) groups excluding carboxylic acids is 1. The van der Waals surface area contributed by atoms with Crippen molar-refractivity contribution >= 4 is 28.9 Å². The Balaban J connectivity index is 2.02. The lowest BCUT2D eigenvalue weighted by atomic mass is 10.1. The van der Waals surface area contributed by atoms with Crippen molar-refractivity contribution in [2.75, 3.05) is 11.4 Å². The molecule has 1 unspecified atom stereocenters. The van der Waals surface area contributed by atoms with E-state index in [1.54, 1.807) is 36.7 Å². The first-order chi connectivity index (χ1) is 10.1. The number of para-hydroxylation sites is 2. The summed E-state index contributed by atoms with van der Waals surface area (Å²) < 4.78 is 5.42. The molecule has 6 nitrogen and oxygen atoms in total. The molecular formula is C14H12N2O4S. The molecule has 108 valence electrons. The second-order valence-electron chi connectivity index (χ2n) is 4.60. The highest BCUT2D eigenvalue weighted by Crippen LogP contribution is 2.34. The zero-order chi connectivity index (χ0) is 15.0. The van der Waals surface area contributed by atoms with Crippen molar-refractivity contribution in [2.45, 2.75) is 13.0 Å². The lowest BCUT2D eigenvalue weighted by Gasteiger charge is -2.32. The lowest BCUT2D eigenvalue weighted by Crippen LogP contribution is -2.47. The van der Waals surface area contributed by atoms with E-state index in [0.717, 1.165) is 0 Å². The average Bonchev–Trinajstić information content (AvgIpc) is 2.91. The van der Waals surface area contributed by atoms with E-state index in [-0.39, 0.29) is 12.5 Å². The molecule has 0 spiro atoms. The zero-order valence-electron chi connectivity index (χ0n) is 11.1. The summed E-state index contributed by atoms with van der Waals surface area (Å²) in [6.45, 7) is 1.73. The summed E-state index contributed by atoms with van der Waals surface area (Å²) in [7, 11) is 0. The summed E-state index contributed by atoms with van der Waals surface area (Å²) in [5, 5.41) is 9.18.